The second-order valence-electron chi connectivity index (χ2n) is 3.85. The van der Waals surface area contributed by atoms with Crippen molar-refractivity contribution in [2.75, 3.05) is 20.3 Å². The first-order valence-corrected chi connectivity index (χ1v) is 4.93. The molecule has 0 radical (unpaired) electrons. The van der Waals surface area contributed by atoms with Gasteiger partial charge in [0.05, 0.1) is 12.7 Å². The lowest BCUT2D eigenvalue weighted by atomic mass is 10.0. The summed E-state index contributed by atoms with van der Waals surface area (Å²) in [5, 5.41) is 11.2. The van der Waals surface area contributed by atoms with E-state index in [2.05, 4.69) is 4.74 Å². The Morgan fingerprint density at radius 3 is 2.47 bits per heavy atom. The molecular formula is C9H17F3N2O3. The summed E-state index contributed by atoms with van der Waals surface area (Å²) in [6.45, 7) is 0.537. The van der Waals surface area contributed by atoms with Crippen LogP contribution in [0.1, 0.15) is 13.3 Å². The largest absolute Gasteiger partial charge is 0.415 e. The lowest BCUT2D eigenvalue weighted by Gasteiger charge is -2.26. The van der Waals surface area contributed by atoms with Crippen LogP contribution in [0.3, 0.4) is 0 Å². The lowest BCUT2D eigenvalue weighted by molar-refractivity contribution is -0.187. The summed E-state index contributed by atoms with van der Waals surface area (Å²) in [5.74, 6) is -1.32. The molecule has 0 rings (SSSR count). The summed E-state index contributed by atoms with van der Waals surface area (Å²) in [6.07, 6.45) is -5.56. The second kappa shape index (κ2) is 6.18. The molecule has 0 aromatic heterocycles. The lowest BCUT2D eigenvalue weighted by Crippen LogP contribution is -2.61. The van der Waals surface area contributed by atoms with Crippen LogP contribution in [0.15, 0.2) is 0 Å². The van der Waals surface area contributed by atoms with Crippen molar-refractivity contribution >= 4 is 5.91 Å². The van der Waals surface area contributed by atoms with E-state index in [4.69, 9.17) is 5.73 Å². The summed E-state index contributed by atoms with van der Waals surface area (Å²) in [7, 11) is 1.38. The fourth-order valence-electron chi connectivity index (χ4n) is 0.940. The van der Waals surface area contributed by atoms with Crippen molar-refractivity contribution in [2.45, 2.75) is 31.2 Å². The number of nitrogens with two attached hydrogens (primary N) is 1. The topological polar surface area (TPSA) is 84.6 Å². The molecule has 0 aliphatic heterocycles. The van der Waals surface area contributed by atoms with Crippen molar-refractivity contribution in [1.82, 2.24) is 5.32 Å². The highest BCUT2D eigenvalue weighted by atomic mass is 19.4. The molecule has 102 valence electrons. The summed E-state index contributed by atoms with van der Waals surface area (Å²) in [5.41, 5.74) is 1.96. The standard InChI is InChI=1S/C9H17F3N2O3/c1-8(13,9(10,11)12)7(16)14-4-3-6(15)5-17-2/h6,15H,3-5,13H2,1-2H3,(H,14,16). The van der Waals surface area contributed by atoms with E-state index in [-0.39, 0.29) is 19.6 Å². The molecular weight excluding hydrogens is 241 g/mol. The average molecular weight is 258 g/mol. The molecule has 0 fully saturated rings. The van der Waals surface area contributed by atoms with Gasteiger partial charge in [0.1, 0.15) is 0 Å². The normalized spacial score (nSPS) is 17.4. The number of ether oxygens (including phenoxy) is 1. The first kappa shape index (κ1) is 16.1. The zero-order valence-corrected chi connectivity index (χ0v) is 9.67. The van der Waals surface area contributed by atoms with Crippen LogP contribution < -0.4 is 11.1 Å². The highest BCUT2D eigenvalue weighted by molar-refractivity contribution is 5.86. The van der Waals surface area contributed by atoms with Crippen LogP contribution in [0.2, 0.25) is 0 Å². The van der Waals surface area contributed by atoms with E-state index in [1.54, 1.807) is 0 Å². The zero-order valence-electron chi connectivity index (χ0n) is 9.67. The Labute approximate surface area is 97.1 Å². The number of aliphatic hydroxyl groups excluding tert-OH is 1. The van der Waals surface area contributed by atoms with E-state index in [1.807, 2.05) is 5.32 Å². The van der Waals surface area contributed by atoms with Crippen LogP contribution in [-0.2, 0) is 9.53 Å². The molecule has 5 nitrogen and oxygen atoms in total. The molecule has 1 amide bonds. The van der Waals surface area contributed by atoms with Gasteiger partial charge < -0.3 is 20.9 Å². The molecule has 2 atom stereocenters. The average Bonchev–Trinajstić information content (AvgIpc) is 2.16. The summed E-state index contributed by atoms with van der Waals surface area (Å²) >= 11 is 0. The molecule has 4 N–H and O–H groups in total. The number of carbonyl (C=O) groups excluding carboxylic acids is 1. The van der Waals surface area contributed by atoms with Gasteiger partial charge in [-0.1, -0.05) is 0 Å². The van der Waals surface area contributed by atoms with Crippen molar-refractivity contribution in [3.8, 4) is 0 Å². The number of aliphatic hydroxyl groups is 1. The van der Waals surface area contributed by atoms with Crippen LogP contribution in [-0.4, -0.2) is 49.1 Å². The van der Waals surface area contributed by atoms with Gasteiger partial charge in [0, 0.05) is 13.7 Å². The Morgan fingerprint density at radius 2 is 2.06 bits per heavy atom. The monoisotopic (exact) mass is 258 g/mol. The fraction of sp³-hybridized carbons (Fsp3) is 0.889. The smallest absolute Gasteiger partial charge is 0.391 e. The summed E-state index contributed by atoms with van der Waals surface area (Å²) in [6, 6.07) is 0. The predicted octanol–water partition coefficient (Wildman–Crippen LogP) is -0.220. The van der Waals surface area contributed by atoms with E-state index >= 15 is 0 Å². The van der Waals surface area contributed by atoms with Crippen molar-refractivity contribution < 1.29 is 27.8 Å². The Kier molecular flexibility index (Phi) is 5.86. The number of methoxy groups -OCH3 is 1. The van der Waals surface area contributed by atoms with Crippen LogP contribution in [0.4, 0.5) is 13.2 Å². The first-order valence-electron chi connectivity index (χ1n) is 4.93. The van der Waals surface area contributed by atoms with Crippen LogP contribution in [0.25, 0.3) is 0 Å². The minimum absolute atomic E-state index is 0.0506. The van der Waals surface area contributed by atoms with Gasteiger partial charge >= 0.3 is 6.18 Å². The Hall–Kier alpha value is -0.860. The molecule has 0 aliphatic rings. The molecule has 17 heavy (non-hydrogen) atoms. The highest BCUT2D eigenvalue weighted by Gasteiger charge is 2.53. The number of carbonyl (C=O) groups is 1. The molecule has 0 saturated heterocycles. The maximum absolute atomic E-state index is 12.3. The summed E-state index contributed by atoms with van der Waals surface area (Å²) in [4.78, 5) is 11.2. The fourth-order valence-corrected chi connectivity index (χ4v) is 0.940. The maximum atomic E-state index is 12.3. The number of amides is 1. The number of rotatable bonds is 6. The van der Waals surface area contributed by atoms with E-state index in [9.17, 15) is 23.1 Å². The number of halogens is 3. The second-order valence-corrected chi connectivity index (χ2v) is 3.85. The molecule has 0 aromatic carbocycles. The SMILES string of the molecule is COCC(O)CCNC(=O)C(C)(N)C(F)(F)F. The van der Waals surface area contributed by atoms with E-state index in [0.717, 1.165) is 0 Å². The zero-order chi connectivity index (χ0) is 13.7. The van der Waals surface area contributed by atoms with E-state index < -0.39 is 23.7 Å². The first-order chi connectivity index (χ1) is 7.63. The van der Waals surface area contributed by atoms with Gasteiger partial charge in [-0.15, -0.1) is 0 Å². The van der Waals surface area contributed by atoms with Gasteiger partial charge in [0.15, 0.2) is 5.54 Å². The predicted molar refractivity (Wildman–Crippen MR) is 54.2 cm³/mol. The Bertz CT molecular complexity index is 256. The molecule has 0 heterocycles. The van der Waals surface area contributed by atoms with Crippen molar-refractivity contribution in [3.05, 3.63) is 0 Å². The van der Waals surface area contributed by atoms with Crippen LogP contribution in [0.5, 0.6) is 0 Å². The van der Waals surface area contributed by atoms with Gasteiger partial charge in [0.25, 0.3) is 0 Å². The van der Waals surface area contributed by atoms with Gasteiger partial charge in [-0.2, -0.15) is 13.2 Å². The molecule has 0 aliphatic carbocycles. The van der Waals surface area contributed by atoms with Crippen molar-refractivity contribution in [1.29, 1.82) is 0 Å². The van der Waals surface area contributed by atoms with Crippen LogP contribution >= 0.6 is 0 Å². The van der Waals surface area contributed by atoms with Crippen molar-refractivity contribution in [3.63, 3.8) is 0 Å². The molecule has 0 saturated carbocycles. The van der Waals surface area contributed by atoms with Crippen LogP contribution in [0, 0.1) is 0 Å². The minimum atomic E-state index is -4.82. The maximum Gasteiger partial charge on any atom is 0.415 e. The molecule has 0 spiro atoms. The van der Waals surface area contributed by atoms with E-state index in [0.29, 0.717) is 6.92 Å². The van der Waals surface area contributed by atoms with Gasteiger partial charge in [-0.3, -0.25) is 4.79 Å². The van der Waals surface area contributed by atoms with Gasteiger partial charge in [-0.25, -0.2) is 0 Å². The third kappa shape index (κ3) is 4.88. The molecule has 0 bridgehead atoms. The molecule has 8 heteroatoms. The van der Waals surface area contributed by atoms with Gasteiger partial charge in [0.2, 0.25) is 5.91 Å². The number of alkyl halides is 3. The number of hydrogen-bond donors (Lipinski definition) is 3. The Balaban J connectivity index is 4.11. The Morgan fingerprint density at radius 1 is 1.53 bits per heavy atom. The third-order valence-corrected chi connectivity index (χ3v) is 2.18. The third-order valence-electron chi connectivity index (χ3n) is 2.18. The number of nitrogens with one attached hydrogen (secondary N) is 1. The highest BCUT2D eigenvalue weighted by Crippen LogP contribution is 2.27. The molecule has 2 unspecified atom stereocenters. The van der Waals surface area contributed by atoms with Crippen molar-refractivity contribution in [2.24, 2.45) is 5.73 Å². The quantitative estimate of drug-likeness (QED) is 0.615. The molecule has 0 aromatic rings. The summed E-state index contributed by atoms with van der Waals surface area (Å²) < 4.78 is 41.6. The van der Waals surface area contributed by atoms with Gasteiger partial charge in [-0.05, 0) is 13.3 Å². The number of hydrogen-bond acceptors (Lipinski definition) is 4. The minimum Gasteiger partial charge on any atom is -0.391 e. The van der Waals surface area contributed by atoms with E-state index in [1.165, 1.54) is 7.11 Å².